The first-order valence-electron chi connectivity index (χ1n) is 11.5. The quantitative estimate of drug-likeness (QED) is 0.304. The molecule has 0 fully saturated rings. The molecule has 4 aromatic rings. The molecule has 1 unspecified atom stereocenters. The van der Waals surface area contributed by atoms with Crippen LogP contribution in [0.1, 0.15) is 22.8 Å². The number of benzene rings is 3. The van der Waals surface area contributed by atoms with Crippen molar-refractivity contribution in [2.24, 2.45) is 0 Å². The largest absolute Gasteiger partial charge is 0.496 e. The highest BCUT2D eigenvalue weighted by molar-refractivity contribution is 5.94. The number of aromatic nitrogens is 2. The zero-order valence-electron chi connectivity index (χ0n) is 20.1. The molecule has 1 heterocycles. The highest BCUT2D eigenvalue weighted by Crippen LogP contribution is 2.22. The SMILES string of the molecule is COc1ccccc1CC(NC(=O)c1ccccc1)Nc1nccc(-c2ccc(NC(C)=O)cc2)n1. The second-order valence-electron chi connectivity index (χ2n) is 8.08. The molecule has 2 amide bonds. The van der Waals surface area contributed by atoms with Gasteiger partial charge < -0.3 is 20.7 Å². The summed E-state index contributed by atoms with van der Waals surface area (Å²) in [4.78, 5) is 33.2. The van der Waals surface area contributed by atoms with Crippen molar-refractivity contribution in [1.29, 1.82) is 0 Å². The van der Waals surface area contributed by atoms with Crippen molar-refractivity contribution in [1.82, 2.24) is 15.3 Å². The Labute approximate surface area is 209 Å². The number of methoxy groups -OCH3 is 1. The van der Waals surface area contributed by atoms with Gasteiger partial charge in [-0.1, -0.05) is 48.5 Å². The van der Waals surface area contributed by atoms with E-state index >= 15 is 0 Å². The van der Waals surface area contributed by atoms with E-state index in [4.69, 9.17) is 4.74 Å². The van der Waals surface area contributed by atoms with Crippen molar-refractivity contribution < 1.29 is 14.3 Å². The van der Waals surface area contributed by atoms with E-state index in [-0.39, 0.29) is 11.8 Å². The molecule has 0 radical (unpaired) electrons. The molecule has 8 nitrogen and oxygen atoms in total. The van der Waals surface area contributed by atoms with Crippen molar-refractivity contribution in [3.63, 3.8) is 0 Å². The minimum Gasteiger partial charge on any atom is -0.496 e. The van der Waals surface area contributed by atoms with E-state index in [1.54, 1.807) is 31.5 Å². The second-order valence-corrected chi connectivity index (χ2v) is 8.08. The topological polar surface area (TPSA) is 105 Å². The molecule has 0 aliphatic carbocycles. The van der Waals surface area contributed by atoms with E-state index in [0.29, 0.717) is 29.3 Å². The molecule has 0 spiro atoms. The summed E-state index contributed by atoms with van der Waals surface area (Å²) in [5.41, 5.74) is 3.75. The van der Waals surface area contributed by atoms with Crippen LogP contribution in [-0.4, -0.2) is 35.1 Å². The molecule has 182 valence electrons. The van der Waals surface area contributed by atoms with Crippen LogP contribution in [0.5, 0.6) is 5.75 Å². The summed E-state index contributed by atoms with van der Waals surface area (Å²) in [5, 5.41) is 9.05. The molecular weight excluding hydrogens is 454 g/mol. The predicted molar refractivity (Wildman–Crippen MR) is 140 cm³/mol. The van der Waals surface area contributed by atoms with Gasteiger partial charge in [-0.3, -0.25) is 9.59 Å². The first-order valence-corrected chi connectivity index (χ1v) is 11.5. The summed E-state index contributed by atoms with van der Waals surface area (Å²) in [6.07, 6.45) is 1.60. The Balaban J connectivity index is 1.57. The zero-order chi connectivity index (χ0) is 25.3. The lowest BCUT2D eigenvalue weighted by atomic mass is 10.1. The molecule has 1 aromatic heterocycles. The third-order valence-corrected chi connectivity index (χ3v) is 5.42. The maximum absolute atomic E-state index is 12.9. The van der Waals surface area contributed by atoms with Crippen LogP contribution in [-0.2, 0) is 11.2 Å². The lowest BCUT2D eigenvalue weighted by molar-refractivity contribution is -0.114. The highest BCUT2D eigenvalue weighted by Gasteiger charge is 2.18. The predicted octanol–water partition coefficient (Wildman–Crippen LogP) is 4.52. The number of ether oxygens (including phenoxy) is 1. The molecule has 1 atom stereocenters. The average molecular weight is 482 g/mol. The Morgan fingerprint density at radius 2 is 1.64 bits per heavy atom. The van der Waals surface area contributed by atoms with Crippen LogP contribution in [0.2, 0.25) is 0 Å². The van der Waals surface area contributed by atoms with Crippen LogP contribution in [0.15, 0.2) is 91.1 Å². The van der Waals surface area contributed by atoms with E-state index in [1.807, 2.05) is 66.7 Å². The molecular formula is C28H27N5O3. The number of para-hydroxylation sites is 1. The Bertz CT molecular complexity index is 1330. The van der Waals surface area contributed by atoms with E-state index in [9.17, 15) is 9.59 Å². The van der Waals surface area contributed by atoms with E-state index in [0.717, 1.165) is 16.9 Å². The normalized spacial score (nSPS) is 11.3. The molecule has 8 heteroatoms. The zero-order valence-corrected chi connectivity index (χ0v) is 20.1. The van der Waals surface area contributed by atoms with Gasteiger partial charge in [-0.2, -0.15) is 0 Å². The van der Waals surface area contributed by atoms with Gasteiger partial charge in [0, 0.05) is 36.4 Å². The molecule has 0 aliphatic rings. The summed E-state index contributed by atoms with van der Waals surface area (Å²) in [6.45, 7) is 1.47. The number of rotatable bonds is 9. The lowest BCUT2D eigenvalue weighted by Crippen LogP contribution is -2.42. The van der Waals surface area contributed by atoms with Gasteiger partial charge >= 0.3 is 0 Å². The summed E-state index contributed by atoms with van der Waals surface area (Å²) in [6, 6.07) is 25.9. The van der Waals surface area contributed by atoms with Crippen molar-refractivity contribution in [3.05, 3.63) is 102 Å². The number of carbonyl (C=O) groups is 2. The van der Waals surface area contributed by atoms with Gasteiger partial charge in [-0.15, -0.1) is 0 Å². The van der Waals surface area contributed by atoms with Crippen molar-refractivity contribution in [2.75, 3.05) is 17.7 Å². The number of hydrogen-bond acceptors (Lipinski definition) is 6. The van der Waals surface area contributed by atoms with Gasteiger partial charge in [0.15, 0.2) is 0 Å². The molecule has 0 aliphatic heterocycles. The molecule has 0 saturated carbocycles. The van der Waals surface area contributed by atoms with Gasteiger partial charge in [-0.05, 0) is 42.0 Å². The fourth-order valence-corrected chi connectivity index (χ4v) is 3.73. The first-order chi connectivity index (χ1) is 17.5. The minimum atomic E-state index is -0.508. The van der Waals surface area contributed by atoms with Crippen LogP contribution < -0.4 is 20.7 Å². The number of carbonyl (C=O) groups excluding carboxylic acids is 2. The third kappa shape index (κ3) is 6.44. The smallest absolute Gasteiger partial charge is 0.252 e. The number of amides is 2. The maximum atomic E-state index is 12.9. The number of nitrogens with zero attached hydrogens (tertiary/aromatic N) is 2. The van der Waals surface area contributed by atoms with Crippen LogP contribution in [0.3, 0.4) is 0 Å². The lowest BCUT2D eigenvalue weighted by Gasteiger charge is -2.22. The van der Waals surface area contributed by atoms with E-state index in [1.165, 1.54) is 6.92 Å². The standard InChI is InChI=1S/C28H27N5O3/c1-19(34)30-23-14-12-20(13-15-23)24-16-17-29-28(31-24)33-26(18-22-10-6-7-11-25(22)36-2)32-27(35)21-8-4-3-5-9-21/h3-17,26H,18H2,1-2H3,(H,30,34)(H,32,35)(H,29,31,33). The Hall–Kier alpha value is -4.72. The molecule has 3 N–H and O–H groups in total. The maximum Gasteiger partial charge on any atom is 0.252 e. The third-order valence-electron chi connectivity index (χ3n) is 5.42. The monoisotopic (exact) mass is 481 g/mol. The van der Waals surface area contributed by atoms with Gasteiger partial charge in [0.2, 0.25) is 11.9 Å². The summed E-state index contributed by atoms with van der Waals surface area (Å²) < 4.78 is 5.50. The Morgan fingerprint density at radius 1 is 0.917 bits per heavy atom. The average Bonchev–Trinajstić information content (AvgIpc) is 2.89. The fourth-order valence-electron chi connectivity index (χ4n) is 3.73. The fraction of sp³-hybridized carbons (Fsp3) is 0.143. The summed E-state index contributed by atoms with van der Waals surface area (Å²) in [7, 11) is 1.62. The van der Waals surface area contributed by atoms with Crippen molar-refractivity contribution in [2.45, 2.75) is 19.5 Å². The van der Waals surface area contributed by atoms with Crippen LogP contribution in [0.25, 0.3) is 11.3 Å². The second kappa shape index (κ2) is 11.6. The van der Waals surface area contributed by atoms with Gasteiger partial charge in [-0.25, -0.2) is 9.97 Å². The molecule has 3 aromatic carbocycles. The van der Waals surface area contributed by atoms with Gasteiger partial charge in [0.05, 0.1) is 12.8 Å². The van der Waals surface area contributed by atoms with Crippen molar-refractivity contribution >= 4 is 23.5 Å². The molecule has 4 rings (SSSR count). The number of hydrogen-bond donors (Lipinski definition) is 3. The number of anilines is 2. The van der Waals surface area contributed by atoms with E-state index < -0.39 is 6.17 Å². The Morgan fingerprint density at radius 3 is 2.36 bits per heavy atom. The summed E-state index contributed by atoms with van der Waals surface area (Å²) >= 11 is 0. The highest BCUT2D eigenvalue weighted by atomic mass is 16.5. The Kier molecular flexibility index (Phi) is 7.87. The molecule has 0 saturated heterocycles. The van der Waals surface area contributed by atoms with Gasteiger partial charge in [0.25, 0.3) is 5.91 Å². The number of nitrogens with one attached hydrogen (secondary N) is 3. The van der Waals surface area contributed by atoms with Crippen LogP contribution in [0.4, 0.5) is 11.6 Å². The minimum absolute atomic E-state index is 0.130. The molecule has 36 heavy (non-hydrogen) atoms. The van der Waals surface area contributed by atoms with Crippen molar-refractivity contribution in [3.8, 4) is 17.0 Å². The van der Waals surface area contributed by atoms with E-state index in [2.05, 4.69) is 25.9 Å². The summed E-state index contributed by atoms with van der Waals surface area (Å²) in [5.74, 6) is 0.751. The van der Waals surface area contributed by atoms with Gasteiger partial charge in [0.1, 0.15) is 11.9 Å². The molecule has 0 bridgehead atoms. The first kappa shape index (κ1) is 24.4. The van der Waals surface area contributed by atoms with Crippen LogP contribution >= 0.6 is 0 Å². The van der Waals surface area contributed by atoms with Crippen LogP contribution in [0, 0.1) is 0 Å².